The maximum Gasteiger partial charge on any atom is 0.182 e. The number of aryl methyl sites for hydroxylation is 1. The molecular formula is C19H25N7. The lowest BCUT2D eigenvalue weighted by atomic mass is 10.0. The maximum absolute atomic E-state index is 4.52. The molecule has 7 heteroatoms. The van der Waals surface area contributed by atoms with Crippen molar-refractivity contribution in [2.24, 2.45) is 0 Å². The molecule has 4 heterocycles. The van der Waals surface area contributed by atoms with E-state index < -0.39 is 0 Å². The standard InChI is InChI=1S/C19H25N7/c1-13-4-3-7-20-16(13)10-14(2)25-15-5-8-26(9-6-15)19-17-18(22-11-21-17)23-12-24-19/h3-4,7,11-12,14-15,25H,5-6,8-10H2,1-2H3,(H,21,22,23,24)/t14-/m0/s1. The van der Waals surface area contributed by atoms with Crippen molar-refractivity contribution in [1.29, 1.82) is 0 Å². The number of nitrogens with zero attached hydrogens (tertiary/aromatic N) is 5. The van der Waals surface area contributed by atoms with Crippen LogP contribution in [0.3, 0.4) is 0 Å². The highest BCUT2D eigenvalue weighted by Crippen LogP contribution is 2.23. The molecule has 1 aliphatic heterocycles. The molecule has 7 nitrogen and oxygen atoms in total. The van der Waals surface area contributed by atoms with Crippen LogP contribution in [0.5, 0.6) is 0 Å². The first kappa shape index (κ1) is 16.9. The van der Waals surface area contributed by atoms with E-state index in [1.807, 2.05) is 12.3 Å². The molecular weight excluding hydrogens is 326 g/mol. The van der Waals surface area contributed by atoms with Gasteiger partial charge in [-0.1, -0.05) is 6.07 Å². The van der Waals surface area contributed by atoms with Crippen molar-refractivity contribution in [3.8, 4) is 0 Å². The van der Waals surface area contributed by atoms with Crippen LogP contribution >= 0.6 is 0 Å². The first-order valence-corrected chi connectivity index (χ1v) is 9.26. The molecule has 1 aliphatic rings. The number of aromatic amines is 1. The number of fused-ring (bicyclic) bond motifs is 1. The van der Waals surface area contributed by atoms with E-state index in [1.54, 1.807) is 12.7 Å². The Morgan fingerprint density at radius 1 is 1.23 bits per heavy atom. The monoisotopic (exact) mass is 351 g/mol. The zero-order valence-corrected chi connectivity index (χ0v) is 15.3. The summed E-state index contributed by atoms with van der Waals surface area (Å²) in [6.07, 6.45) is 8.33. The molecule has 1 saturated heterocycles. The van der Waals surface area contributed by atoms with Gasteiger partial charge < -0.3 is 15.2 Å². The molecule has 0 bridgehead atoms. The van der Waals surface area contributed by atoms with Gasteiger partial charge in [0.15, 0.2) is 11.5 Å². The van der Waals surface area contributed by atoms with Crippen molar-refractivity contribution in [2.75, 3.05) is 18.0 Å². The fourth-order valence-electron chi connectivity index (χ4n) is 3.73. The number of H-pyrrole nitrogens is 1. The van der Waals surface area contributed by atoms with Crippen LogP contribution in [0.2, 0.25) is 0 Å². The van der Waals surface area contributed by atoms with E-state index >= 15 is 0 Å². The molecule has 0 unspecified atom stereocenters. The highest BCUT2D eigenvalue weighted by atomic mass is 15.2. The summed E-state index contributed by atoms with van der Waals surface area (Å²) in [5.41, 5.74) is 4.11. The van der Waals surface area contributed by atoms with Gasteiger partial charge in [0.2, 0.25) is 0 Å². The molecule has 0 aromatic carbocycles. The Balaban J connectivity index is 1.34. The van der Waals surface area contributed by atoms with Crippen molar-refractivity contribution in [3.63, 3.8) is 0 Å². The van der Waals surface area contributed by atoms with Crippen LogP contribution in [0.4, 0.5) is 5.82 Å². The molecule has 136 valence electrons. The summed E-state index contributed by atoms with van der Waals surface area (Å²) in [7, 11) is 0. The molecule has 0 aliphatic carbocycles. The van der Waals surface area contributed by atoms with Crippen molar-refractivity contribution in [3.05, 3.63) is 42.2 Å². The van der Waals surface area contributed by atoms with Crippen molar-refractivity contribution in [1.82, 2.24) is 30.2 Å². The average Bonchev–Trinajstić information content (AvgIpc) is 3.13. The Morgan fingerprint density at radius 2 is 2.08 bits per heavy atom. The summed E-state index contributed by atoms with van der Waals surface area (Å²) in [6, 6.07) is 5.07. The van der Waals surface area contributed by atoms with Crippen LogP contribution in [0.15, 0.2) is 31.0 Å². The highest BCUT2D eigenvalue weighted by Gasteiger charge is 2.23. The number of rotatable bonds is 5. The first-order valence-electron chi connectivity index (χ1n) is 9.26. The lowest BCUT2D eigenvalue weighted by molar-refractivity contribution is 0.373. The number of hydrogen-bond acceptors (Lipinski definition) is 6. The van der Waals surface area contributed by atoms with Gasteiger partial charge in [0.1, 0.15) is 11.8 Å². The summed E-state index contributed by atoms with van der Waals surface area (Å²) in [6.45, 7) is 6.35. The largest absolute Gasteiger partial charge is 0.355 e. The third-order valence-corrected chi connectivity index (χ3v) is 5.14. The van der Waals surface area contributed by atoms with E-state index in [2.05, 4.69) is 55.1 Å². The zero-order valence-electron chi connectivity index (χ0n) is 15.3. The Bertz CT molecular complexity index is 867. The van der Waals surface area contributed by atoms with E-state index in [4.69, 9.17) is 0 Å². The van der Waals surface area contributed by atoms with Gasteiger partial charge in [-0.25, -0.2) is 15.0 Å². The number of pyridine rings is 1. The Hall–Kier alpha value is -2.54. The minimum Gasteiger partial charge on any atom is -0.355 e. The minimum absolute atomic E-state index is 0.415. The number of piperidine rings is 1. The van der Waals surface area contributed by atoms with Gasteiger partial charge >= 0.3 is 0 Å². The summed E-state index contributed by atoms with van der Waals surface area (Å²) in [5, 5.41) is 3.78. The van der Waals surface area contributed by atoms with Crippen molar-refractivity contribution < 1.29 is 0 Å². The van der Waals surface area contributed by atoms with Gasteiger partial charge in [-0.3, -0.25) is 4.98 Å². The van der Waals surface area contributed by atoms with E-state index in [0.29, 0.717) is 12.1 Å². The highest BCUT2D eigenvalue weighted by molar-refractivity contribution is 5.82. The lowest BCUT2D eigenvalue weighted by Crippen LogP contribution is -2.46. The zero-order chi connectivity index (χ0) is 17.9. The molecule has 26 heavy (non-hydrogen) atoms. The van der Waals surface area contributed by atoms with Gasteiger partial charge in [-0.05, 0) is 38.3 Å². The van der Waals surface area contributed by atoms with E-state index in [-0.39, 0.29) is 0 Å². The van der Waals surface area contributed by atoms with E-state index in [9.17, 15) is 0 Å². The Kier molecular flexibility index (Phi) is 4.79. The van der Waals surface area contributed by atoms with Gasteiger partial charge in [0, 0.05) is 43.5 Å². The lowest BCUT2D eigenvalue weighted by Gasteiger charge is -2.34. The second-order valence-corrected chi connectivity index (χ2v) is 7.10. The van der Waals surface area contributed by atoms with Crippen LogP contribution in [0.1, 0.15) is 31.0 Å². The molecule has 3 aromatic rings. The predicted octanol–water partition coefficient (Wildman–Crippen LogP) is 2.25. The molecule has 1 atom stereocenters. The predicted molar refractivity (Wildman–Crippen MR) is 102 cm³/mol. The molecule has 0 saturated carbocycles. The number of hydrogen-bond donors (Lipinski definition) is 2. The molecule has 2 N–H and O–H groups in total. The topological polar surface area (TPSA) is 82.6 Å². The van der Waals surface area contributed by atoms with Gasteiger partial charge in [0.05, 0.1) is 6.33 Å². The molecule has 3 aromatic heterocycles. The molecule has 0 radical (unpaired) electrons. The summed E-state index contributed by atoms with van der Waals surface area (Å²) >= 11 is 0. The van der Waals surface area contributed by atoms with Crippen LogP contribution in [-0.4, -0.2) is 50.1 Å². The second kappa shape index (κ2) is 7.37. The van der Waals surface area contributed by atoms with Crippen molar-refractivity contribution in [2.45, 2.75) is 45.2 Å². The summed E-state index contributed by atoms with van der Waals surface area (Å²) in [4.78, 5) is 22.9. The van der Waals surface area contributed by atoms with Crippen LogP contribution in [0, 0.1) is 6.92 Å². The van der Waals surface area contributed by atoms with Crippen LogP contribution in [0.25, 0.3) is 11.2 Å². The fraction of sp³-hybridized carbons (Fsp3) is 0.474. The third-order valence-electron chi connectivity index (χ3n) is 5.14. The maximum atomic E-state index is 4.52. The van der Waals surface area contributed by atoms with Gasteiger partial charge in [-0.15, -0.1) is 0 Å². The van der Waals surface area contributed by atoms with E-state index in [0.717, 1.165) is 49.3 Å². The number of aromatic nitrogens is 5. The normalized spacial score (nSPS) is 16.9. The van der Waals surface area contributed by atoms with Crippen LogP contribution in [-0.2, 0) is 6.42 Å². The third kappa shape index (κ3) is 3.53. The van der Waals surface area contributed by atoms with Gasteiger partial charge in [0.25, 0.3) is 0 Å². The fourth-order valence-corrected chi connectivity index (χ4v) is 3.73. The minimum atomic E-state index is 0.415. The Labute approximate surface area is 153 Å². The SMILES string of the molecule is Cc1cccnc1C[C@H](C)NC1CCN(c2ncnc3nc[nH]c23)CC1. The molecule has 0 amide bonds. The summed E-state index contributed by atoms with van der Waals surface area (Å²) in [5.74, 6) is 0.961. The average molecular weight is 351 g/mol. The van der Waals surface area contributed by atoms with Crippen molar-refractivity contribution >= 4 is 17.0 Å². The van der Waals surface area contributed by atoms with E-state index in [1.165, 1.54) is 11.3 Å². The molecule has 0 spiro atoms. The quantitative estimate of drug-likeness (QED) is 0.734. The Morgan fingerprint density at radius 3 is 2.88 bits per heavy atom. The number of nitrogens with one attached hydrogen (secondary N) is 2. The number of imidazole rings is 1. The van der Waals surface area contributed by atoms with Gasteiger partial charge in [-0.2, -0.15) is 0 Å². The summed E-state index contributed by atoms with van der Waals surface area (Å²) < 4.78 is 0. The molecule has 4 rings (SSSR count). The smallest absolute Gasteiger partial charge is 0.182 e. The first-order chi connectivity index (χ1) is 12.7. The molecule has 1 fully saturated rings. The van der Waals surface area contributed by atoms with Crippen LogP contribution < -0.4 is 10.2 Å². The number of anilines is 1. The second-order valence-electron chi connectivity index (χ2n) is 7.10.